The predicted molar refractivity (Wildman–Crippen MR) is 89.9 cm³/mol. The van der Waals surface area contributed by atoms with Crippen LogP contribution in [0.2, 0.25) is 0 Å². The molecule has 2 rings (SSSR count). The fourth-order valence-corrected chi connectivity index (χ4v) is 2.06. The maximum Gasteiger partial charge on any atom is 0.356 e. The summed E-state index contributed by atoms with van der Waals surface area (Å²) in [6.45, 7) is 5.89. The van der Waals surface area contributed by atoms with Crippen molar-refractivity contribution < 1.29 is 19.1 Å². The fraction of sp³-hybridized carbons (Fsp3) is 0.263. The lowest BCUT2D eigenvalue weighted by atomic mass is 10.1. The number of carbonyl (C=O) groups excluding carboxylic acids is 2. The predicted octanol–water partition coefficient (Wildman–Crippen LogP) is 3.08. The SMILES string of the molecule is CCOC(=O)c1c[nH]c(C(=O)OCC)c1C#Cc1ccc(C)cc1. The van der Waals surface area contributed by atoms with Gasteiger partial charge in [0.05, 0.1) is 24.3 Å². The molecule has 5 heteroatoms. The van der Waals surface area contributed by atoms with E-state index in [9.17, 15) is 9.59 Å². The summed E-state index contributed by atoms with van der Waals surface area (Å²) in [6, 6.07) is 7.64. The summed E-state index contributed by atoms with van der Waals surface area (Å²) < 4.78 is 10.0. The van der Waals surface area contributed by atoms with Crippen LogP contribution in [0, 0.1) is 18.8 Å². The molecular formula is C19H19NO4. The molecule has 5 nitrogen and oxygen atoms in total. The second-order valence-corrected chi connectivity index (χ2v) is 5.01. The molecule has 0 saturated carbocycles. The Morgan fingerprint density at radius 3 is 2.25 bits per heavy atom. The normalized spacial score (nSPS) is 9.79. The summed E-state index contributed by atoms with van der Waals surface area (Å²) in [7, 11) is 0. The van der Waals surface area contributed by atoms with Gasteiger partial charge in [-0.1, -0.05) is 29.5 Å². The van der Waals surface area contributed by atoms with Crippen LogP contribution in [0.1, 0.15) is 51.4 Å². The molecule has 0 atom stereocenters. The number of hydrogen-bond acceptors (Lipinski definition) is 4. The van der Waals surface area contributed by atoms with Gasteiger partial charge in [-0.3, -0.25) is 0 Å². The zero-order valence-electron chi connectivity index (χ0n) is 13.9. The number of hydrogen-bond donors (Lipinski definition) is 1. The number of H-pyrrole nitrogens is 1. The summed E-state index contributed by atoms with van der Waals surface area (Å²) in [4.78, 5) is 26.9. The number of rotatable bonds is 4. The first-order valence-electron chi connectivity index (χ1n) is 7.71. The summed E-state index contributed by atoms with van der Waals surface area (Å²) in [5.41, 5.74) is 2.57. The molecule has 1 aromatic carbocycles. The summed E-state index contributed by atoms with van der Waals surface area (Å²) in [5, 5.41) is 0. The molecule has 0 bridgehead atoms. The molecular weight excluding hydrogens is 306 g/mol. The van der Waals surface area contributed by atoms with Crippen LogP contribution < -0.4 is 0 Å². The van der Waals surface area contributed by atoms with Crippen LogP contribution in [0.5, 0.6) is 0 Å². The van der Waals surface area contributed by atoms with Crippen LogP contribution in [0.25, 0.3) is 0 Å². The zero-order chi connectivity index (χ0) is 17.5. The van der Waals surface area contributed by atoms with E-state index in [2.05, 4.69) is 16.8 Å². The van der Waals surface area contributed by atoms with Crippen LogP contribution in [0.4, 0.5) is 0 Å². The molecule has 0 amide bonds. The lowest BCUT2D eigenvalue weighted by Gasteiger charge is -2.02. The Kier molecular flexibility index (Phi) is 5.80. The Hall–Kier alpha value is -3.00. The third kappa shape index (κ3) is 4.05. The summed E-state index contributed by atoms with van der Waals surface area (Å²) >= 11 is 0. The van der Waals surface area contributed by atoms with Crippen LogP contribution in [0.3, 0.4) is 0 Å². The highest BCUT2D eigenvalue weighted by molar-refractivity contribution is 5.99. The van der Waals surface area contributed by atoms with Crippen molar-refractivity contribution in [3.05, 3.63) is 58.4 Å². The van der Waals surface area contributed by atoms with Gasteiger partial charge in [0, 0.05) is 11.8 Å². The third-order valence-electron chi connectivity index (χ3n) is 3.24. The van der Waals surface area contributed by atoms with Gasteiger partial charge in [0.2, 0.25) is 0 Å². The van der Waals surface area contributed by atoms with Gasteiger partial charge >= 0.3 is 11.9 Å². The van der Waals surface area contributed by atoms with Crippen molar-refractivity contribution >= 4 is 11.9 Å². The molecule has 1 N–H and O–H groups in total. The second-order valence-electron chi connectivity index (χ2n) is 5.01. The van der Waals surface area contributed by atoms with Crippen molar-refractivity contribution in [2.24, 2.45) is 0 Å². The topological polar surface area (TPSA) is 68.4 Å². The van der Waals surface area contributed by atoms with E-state index in [0.717, 1.165) is 11.1 Å². The van der Waals surface area contributed by atoms with E-state index in [1.54, 1.807) is 13.8 Å². The van der Waals surface area contributed by atoms with Crippen molar-refractivity contribution in [1.82, 2.24) is 4.98 Å². The van der Waals surface area contributed by atoms with Gasteiger partial charge in [-0.25, -0.2) is 9.59 Å². The Morgan fingerprint density at radius 1 is 1.00 bits per heavy atom. The highest BCUT2D eigenvalue weighted by atomic mass is 16.5. The standard InChI is InChI=1S/C19H19NO4/c1-4-23-18(21)16-12-20-17(19(22)24-5-2)15(16)11-10-14-8-6-13(3)7-9-14/h6-9,12,20H,4-5H2,1-3H3. The van der Waals surface area contributed by atoms with Gasteiger partial charge in [0.1, 0.15) is 5.69 Å². The third-order valence-corrected chi connectivity index (χ3v) is 3.24. The Bertz CT molecular complexity index is 756. The minimum atomic E-state index is -0.554. The molecule has 0 fully saturated rings. The lowest BCUT2D eigenvalue weighted by molar-refractivity contribution is 0.0518. The minimum Gasteiger partial charge on any atom is -0.462 e. The number of ether oxygens (including phenoxy) is 2. The smallest absolute Gasteiger partial charge is 0.356 e. The number of aryl methyl sites for hydroxylation is 1. The van der Waals surface area contributed by atoms with Crippen LogP contribution in [-0.4, -0.2) is 30.1 Å². The number of aromatic amines is 1. The molecule has 2 aromatic rings. The van der Waals surface area contributed by atoms with Crippen molar-refractivity contribution in [2.75, 3.05) is 13.2 Å². The van der Waals surface area contributed by atoms with Crippen molar-refractivity contribution in [1.29, 1.82) is 0 Å². The van der Waals surface area contributed by atoms with Crippen LogP contribution in [0.15, 0.2) is 30.5 Å². The molecule has 124 valence electrons. The van der Waals surface area contributed by atoms with Crippen LogP contribution >= 0.6 is 0 Å². The molecule has 0 aliphatic heterocycles. The van der Waals surface area contributed by atoms with Gasteiger partial charge in [-0.05, 0) is 32.9 Å². The van der Waals surface area contributed by atoms with Crippen molar-refractivity contribution in [3.8, 4) is 11.8 Å². The monoisotopic (exact) mass is 325 g/mol. The van der Waals surface area contributed by atoms with E-state index in [-0.39, 0.29) is 30.0 Å². The van der Waals surface area contributed by atoms with Gasteiger partial charge < -0.3 is 14.5 Å². The first kappa shape index (κ1) is 17.4. The Morgan fingerprint density at radius 2 is 1.62 bits per heavy atom. The molecule has 0 radical (unpaired) electrons. The fourth-order valence-electron chi connectivity index (χ4n) is 2.06. The van der Waals surface area contributed by atoms with Crippen molar-refractivity contribution in [3.63, 3.8) is 0 Å². The average molecular weight is 325 g/mol. The molecule has 1 heterocycles. The number of nitrogens with one attached hydrogen (secondary N) is 1. The van der Waals surface area contributed by atoms with Gasteiger partial charge in [0.25, 0.3) is 0 Å². The maximum absolute atomic E-state index is 12.1. The minimum absolute atomic E-state index is 0.152. The zero-order valence-corrected chi connectivity index (χ0v) is 13.9. The quantitative estimate of drug-likeness (QED) is 0.693. The largest absolute Gasteiger partial charge is 0.462 e. The highest BCUT2D eigenvalue weighted by Gasteiger charge is 2.22. The summed E-state index contributed by atoms with van der Waals surface area (Å²) in [5.74, 6) is 4.77. The van der Waals surface area contributed by atoms with E-state index >= 15 is 0 Å². The first-order chi connectivity index (χ1) is 11.6. The maximum atomic E-state index is 12.1. The van der Waals surface area contributed by atoms with Crippen molar-refractivity contribution in [2.45, 2.75) is 20.8 Å². The highest BCUT2D eigenvalue weighted by Crippen LogP contribution is 2.16. The Balaban J connectivity index is 2.44. The van der Waals surface area contributed by atoms with E-state index < -0.39 is 11.9 Å². The second kappa shape index (κ2) is 8.02. The van der Waals surface area contributed by atoms with Gasteiger partial charge in [-0.15, -0.1) is 0 Å². The lowest BCUT2D eigenvalue weighted by Crippen LogP contribution is -2.09. The summed E-state index contributed by atoms with van der Waals surface area (Å²) in [6.07, 6.45) is 1.42. The van der Waals surface area contributed by atoms with E-state index in [4.69, 9.17) is 9.47 Å². The first-order valence-corrected chi connectivity index (χ1v) is 7.71. The molecule has 0 saturated heterocycles. The molecule has 0 aliphatic rings. The molecule has 0 unspecified atom stereocenters. The van der Waals surface area contributed by atoms with E-state index in [0.29, 0.717) is 0 Å². The van der Waals surface area contributed by atoms with Gasteiger partial charge in [-0.2, -0.15) is 0 Å². The number of benzene rings is 1. The average Bonchev–Trinajstić information content (AvgIpc) is 2.99. The Labute approximate surface area is 141 Å². The number of aromatic nitrogens is 1. The van der Waals surface area contributed by atoms with Gasteiger partial charge in [0.15, 0.2) is 0 Å². The molecule has 0 aliphatic carbocycles. The van der Waals surface area contributed by atoms with E-state index in [1.807, 2.05) is 31.2 Å². The number of esters is 2. The molecule has 24 heavy (non-hydrogen) atoms. The van der Waals surface area contributed by atoms with Crippen LogP contribution in [-0.2, 0) is 9.47 Å². The number of carbonyl (C=O) groups is 2. The van der Waals surface area contributed by atoms with E-state index in [1.165, 1.54) is 6.20 Å². The molecule has 0 spiro atoms. The molecule has 1 aromatic heterocycles.